The van der Waals surface area contributed by atoms with Gasteiger partial charge in [0.2, 0.25) is 0 Å². The number of pyridine rings is 1. The van der Waals surface area contributed by atoms with Gasteiger partial charge >= 0.3 is 0 Å². The van der Waals surface area contributed by atoms with Crippen LogP contribution in [0.5, 0.6) is 11.5 Å². The molecule has 1 aliphatic rings. The van der Waals surface area contributed by atoms with Crippen LogP contribution in [0.15, 0.2) is 121 Å². The fraction of sp³-hybridized carbons (Fsp3) is 0.240. The standard InChI is InChI=1S/C50H49N7O/c1-31-25-35(26-32(2)33(31)3)56-30-55(41-21-12-13-22-42(41)56)34-17-16-18-36(27-34)58-44-29-43-38(37-19-10-11-20-40(37)57(43)45-23-14-15-24-51-45)28-39(44)46-52-47(49(4,5)6)54-48(53-46)50(7,8)9/h10-29H,30H2,1-9H3. The minimum atomic E-state index is -0.304. The number of fused-ring (bicyclic) bond motifs is 4. The highest BCUT2D eigenvalue weighted by Gasteiger charge is 2.30. The fourth-order valence-electron chi connectivity index (χ4n) is 7.82. The summed E-state index contributed by atoms with van der Waals surface area (Å²) >= 11 is 0. The second-order valence-electron chi connectivity index (χ2n) is 17.5. The number of nitrogens with zero attached hydrogens (tertiary/aromatic N) is 7. The molecule has 0 radical (unpaired) electrons. The van der Waals surface area contributed by atoms with E-state index in [-0.39, 0.29) is 10.8 Å². The first-order chi connectivity index (χ1) is 27.7. The molecular formula is C50H49N7O. The number of benzene rings is 5. The predicted octanol–water partition coefficient (Wildman–Crippen LogP) is 12.6. The zero-order chi connectivity index (χ0) is 40.5. The number of aryl methyl sites for hydroxylation is 2. The van der Waals surface area contributed by atoms with Gasteiger partial charge in [0.05, 0.1) is 28.0 Å². The molecule has 290 valence electrons. The Morgan fingerprint density at radius 2 is 1.21 bits per heavy atom. The molecule has 3 aromatic heterocycles. The molecule has 0 amide bonds. The third-order valence-electron chi connectivity index (χ3n) is 11.2. The van der Waals surface area contributed by atoms with Crippen LogP contribution >= 0.6 is 0 Å². The van der Waals surface area contributed by atoms with Crippen LogP contribution < -0.4 is 14.5 Å². The summed E-state index contributed by atoms with van der Waals surface area (Å²) in [5.74, 6) is 4.24. The number of ether oxygens (including phenoxy) is 1. The van der Waals surface area contributed by atoms with Gasteiger partial charge in [-0.1, -0.05) is 84.0 Å². The number of hydrogen-bond acceptors (Lipinski definition) is 7. The minimum Gasteiger partial charge on any atom is -0.456 e. The Balaban J connectivity index is 1.21. The van der Waals surface area contributed by atoms with Crippen molar-refractivity contribution in [1.82, 2.24) is 24.5 Å². The number of para-hydroxylation sites is 3. The average Bonchev–Trinajstić information content (AvgIpc) is 3.75. The third kappa shape index (κ3) is 6.52. The van der Waals surface area contributed by atoms with Crippen LogP contribution in [-0.4, -0.2) is 31.2 Å². The van der Waals surface area contributed by atoms with Gasteiger partial charge in [-0.05, 0) is 98.1 Å². The Morgan fingerprint density at radius 3 is 1.86 bits per heavy atom. The number of aromatic nitrogens is 5. The van der Waals surface area contributed by atoms with E-state index >= 15 is 0 Å². The molecule has 8 nitrogen and oxygen atoms in total. The van der Waals surface area contributed by atoms with Crippen LogP contribution in [0.4, 0.5) is 22.7 Å². The zero-order valence-electron chi connectivity index (χ0n) is 34.8. The van der Waals surface area contributed by atoms with Crippen molar-refractivity contribution < 1.29 is 4.74 Å². The maximum atomic E-state index is 7.08. The lowest BCUT2D eigenvalue weighted by Gasteiger charge is -2.24. The van der Waals surface area contributed by atoms with E-state index in [4.69, 9.17) is 24.7 Å². The molecular weight excluding hydrogens is 715 g/mol. The molecule has 0 saturated carbocycles. The maximum Gasteiger partial charge on any atom is 0.167 e. The number of anilines is 4. The molecule has 0 saturated heterocycles. The van der Waals surface area contributed by atoms with E-state index in [1.54, 1.807) is 0 Å². The third-order valence-corrected chi connectivity index (χ3v) is 11.2. The summed E-state index contributed by atoms with van der Waals surface area (Å²) in [5, 5.41) is 2.16. The average molecular weight is 764 g/mol. The normalized spacial score (nSPS) is 13.1. The Hall–Kier alpha value is -6.54. The van der Waals surface area contributed by atoms with E-state index in [9.17, 15) is 0 Å². The van der Waals surface area contributed by atoms with Gasteiger partial charge in [0.25, 0.3) is 0 Å². The van der Waals surface area contributed by atoms with Gasteiger partial charge in [0, 0.05) is 51.3 Å². The van der Waals surface area contributed by atoms with Crippen LogP contribution in [0.3, 0.4) is 0 Å². The van der Waals surface area contributed by atoms with Crippen molar-refractivity contribution in [2.45, 2.75) is 73.1 Å². The smallest absolute Gasteiger partial charge is 0.167 e. The second kappa shape index (κ2) is 13.8. The predicted molar refractivity (Wildman–Crippen MR) is 238 cm³/mol. The van der Waals surface area contributed by atoms with Crippen LogP contribution in [0.1, 0.15) is 69.9 Å². The largest absolute Gasteiger partial charge is 0.456 e. The molecule has 8 aromatic rings. The summed E-state index contributed by atoms with van der Waals surface area (Å²) in [4.78, 5) is 24.9. The van der Waals surface area contributed by atoms with Gasteiger partial charge < -0.3 is 14.5 Å². The molecule has 8 heteroatoms. The monoisotopic (exact) mass is 763 g/mol. The lowest BCUT2D eigenvalue weighted by molar-refractivity contribution is 0.481. The quantitative estimate of drug-likeness (QED) is 0.167. The van der Waals surface area contributed by atoms with Gasteiger partial charge in [0.1, 0.15) is 35.6 Å². The first-order valence-corrected chi connectivity index (χ1v) is 20.0. The molecule has 0 bridgehead atoms. The molecule has 0 fully saturated rings. The summed E-state index contributed by atoms with van der Waals surface area (Å²) in [6, 6.07) is 40.3. The van der Waals surface area contributed by atoms with E-state index in [0.29, 0.717) is 24.0 Å². The summed E-state index contributed by atoms with van der Waals surface area (Å²) in [5.41, 5.74) is 10.7. The topological polar surface area (TPSA) is 72.2 Å². The lowest BCUT2D eigenvalue weighted by Crippen LogP contribution is -2.24. The summed E-state index contributed by atoms with van der Waals surface area (Å²) in [6.45, 7) is 20.1. The summed E-state index contributed by atoms with van der Waals surface area (Å²) in [6.07, 6.45) is 1.83. The summed E-state index contributed by atoms with van der Waals surface area (Å²) < 4.78 is 9.28. The Kier molecular flexibility index (Phi) is 8.84. The molecule has 0 aliphatic carbocycles. The molecule has 58 heavy (non-hydrogen) atoms. The SMILES string of the molecule is Cc1cc(N2CN(c3cccc(Oc4cc5c(cc4-c4nc(C(C)(C)C)nc(C(C)(C)C)n4)c4ccccc4n5-c4ccccn4)c3)c3ccccc32)cc(C)c1C. The van der Waals surface area contributed by atoms with Crippen molar-refractivity contribution in [3.63, 3.8) is 0 Å². The highest BCUT2D eigenvalue weighted by molar-refractivity contribution is 6.11. The number of rotatable bonds is 6. The Bertz CT molecular complexity index is 2810. The zero-order valence-corrected chi connectivity index (χ0v) is 34.8. The molecule has 4 heterocycles. The van der Waals surface area contributed by atoms with E-state index in [0.717, 1.165) is 56.2 Å². The Morgan fingerprint density at radius 1 is 0.569 bits per heavy atom. The maximum absolute atomic E-state index is 7.08. The molecule has 0 atom stereocenters. The van der Waals surface area contributed by atoms with Crippen LogP contribution in [-0.2, 0) is 10.8 Å². The minimum absolute atomic E-state index is 0.304. The summed E-state index contributed by atoms with van der Waals surface area (Å²) in [7, 11) is 0. The lowest BCUT2D eigenvalue weighted by atomic mass is 9.93. The molecule has 0 N–H and O–H groups in total. The van der Waals surface area contributed by atoms with E-state index in [1.807, 2.05) is 30.5 Å². The molecule has 5 aromatic carbocycles. The second-order valence-corrected chi connectivity index (χ2v) is 17.5. The Labute approximate surface area is 340 Å². The van der Waals surface area contributed by atoms with Crippen molar-refractivity contribution in [2.75, 3.05) is 16.5 Å². The highest BCUT2D eigenvalue weighted by Crippen LogP contribution is 2.46. The van der Waals surface area contributed by atoms with Crippen LogP contribution in [0.25, 0.3) is 39.0 Å². The van der Waals surface area contributed by atoms with E-state index < -0.39 is 0 Å². The van der Waals surface area contributed by atoms with Gasteiger partial charge in [0.15, 0.2) is 5.82 Å². The number of hydrogen-bond donors (Lipinski definition) is 0. The van der Waals surface area contributed by atoms with E-state index in [1.165, 1.54) is 28.1 Å². The van der Waals surface area contributed by atoms with Crippen molar-refractivity contribution >= 4 is 44.6 Å². The van der Waals surface area contributed by atoms with Crippen LogP contribution in [0.2, 0.25) is 0 Å². The van der Waals surface area contributed by atoms with Crippen LogP contribution in [0, 0.1) is 20.8 Å². The van der Waals surface area contributed by atoms with Crippen molar-refractivity contribution in [3.8, 4) is 28.7 Å². The van der Waals surface area contributed by atoms with Crippen molar-refractivity contribution in [3.05, 3.63) is 150 Å². The van der Waals surface area contributed by atoms with Crippen molar-refractivity contribution in [2.24, 2.45) is 0 Å². The highest BCUT2D eigenvalue weighted by atomic mass is 16.5. The van der Waals surface area contributed by atoms with Crippen molar-refractivity contribution in [1.29, 1.82) is 0 Å². The molecule has 9 rings (SSSR count). The van der Waals surface area contributed by atoms with E-state index in [2.05, 4.69) is 168 Å². The fourth-order valence-corrected chi connectivity index (χ4v) is 7.82. The first-order valence-electron chi connectivity index (χ1n) is 20.0. The van der Waals surface area contributed by atoms with Gasteiger partial charge in [-0.2, -0.15) is 0 Å². The van der Waals surface area contributed by atoms with Gasteiger partial charge in [-0.25, -0.2) is 19.9 Å². The molecule has 0 spiro atoms. The van der Waals surface area contributed by atoms with Gasteiger partial charge in [-0.3, -0.25) is 4.57 Å². The first kappa shape index (κ1) is 37.1. The molecule has 1 aliphatic heterocycles. The molecule has 0 unspecified atom stereocenters. The van der Waals surface area contributed by atoms with Gasteiger partial charge in [-0.15, -0.1) is 0 Å².